The third-order valence-electron chi connectivity index (χ3n) is 2.63. The van der Waals surface area contributed by atoms with E-state index in [9.17, 15) is 5.11 Å². The van der Waals surface area contributed by atoms with Gasteiger partial charge in [0.25, 0.3) is 0 Å². The molecule has 18 heavy (non-hydrogen) atoms. The van der Waals surface area contributed by atoms with E-state index >= 15 is 0 Å². The first kappa shape index (κ1) is 12.6. The van der Waals surface area contributed by atoms with Crippen LogP contribution in [0.4, 0.5) is 0 Å². The molecule has 2 aromatic heterocycles. The van der Waals surface area contributed by atoms with E-state index in [1.165, 1.54) is 0 Å². The molecule has 0 fully saturated rings. The topological polar surface area (TPSA) is 94.5 Å². The molecule has 0 aromatic carbocycles. The second-order valence-corrected chi connectivity index (χ2v) is 4.08. The Bertz CT molecular complexity index is 492. The van der Waals surface area contributed by atoms with Crippen molar-refractivity contribution in [3.8, 4) is 0 Å². The first-order chi connectivity index (χ1) is 8.74. The molecule has 8 heteroatoms. The number of aryl methyl sites for hydroxylation is 1. The molecule has 8 nitrogen and oxygen atoms in total. The molecular weight excluding hydrogens is 234 g/mol. The Balaban J connectivity index is 2.09. The van der Waals surface area contributed by atoms with Crippen LogP contribution in [0.3, 0.4) is 0 Å². The number of rotatable bonds is 6. The van der Waals surface area contributed by atoms with Crippen molar-refractivity contribution in [1.29, 1.82) is 0 Å². The number of hydrogen-bond acceptors (Lipinski definition) is 6. The van der Waals surface area contributed by atoms with Crippen LogP contribution in [0.2, 0.25) is 0 Å². The highest BCUT2D eigenvalue weighted by atomic mass is 16.3. The van der Waals surface area contributed by atoms with Crippen LogP contribution in [0.25, 0.3) is 0 Å². The number of aliphatic hydroxyl groups excluding tert-OH is 1. The number of hydrogen-bond donors (Lipinski definition) is 1. The van der Waals surface area contributed by atoms with Crippen molar-refractivity contribution in [3.05, 3.63) is 17.7 Å². The third kappa shape index (κ3) is 2.70. The molecule has 98 valence electrons. The molecule has 1 unspecified atom stereocenters. The van der Waals surface area contributed by atoms with Crippen molar-refractivity contribution in [2.24, 2.45) is 0 Å². The molecule has 0 aliphatic heterocycles. The Morgan fingerprint density at radius 1 is 1.28 bits per heavy atom. The summed E-state index contributed by atoms with van der Waals surface area (Å²) in [5.41, 5.74) is 0.576. The minimum absolute atomic E-state index is 0.455. The lowest BCUT2D eigenvalue weighted by molar-refractivity contribution is 0.168. The molecular formula is C10H17N7O. The van der Waals surface area contributed by atoms with E-state index in [1.54, 1.807) is 15.6 Å². The summed E-state index contributed by atoms with van der Waals surface area (Å²) in [6, 6.07) is 0. The van der Waals surface area contributed by atoms with Crippen LogP contribution in [0.1, 0.15) is 44.3 Å². The molecule has 0 aliphatic carbocycles. The Hall–Kier alpha value is -1.83. The van der Waals surface area contributed by atoms with Gasteiger partial charge in [0.1, 0.15) is 12.2 Å². The van der Waals surface area contributed by atoms with Crippen molar-refractivity contribution >= 4 is 0 Å². The minimum Gasteiger partial charge on any atom is -0.387 e. The van der Waals surface area contributed by atoms with Gasteiger partial charge in [-0.3, -0.25) is 0 Å². The molecule has 0 saturated carbocycles. The first-order valence-electron chi connectivity index (χ1n) is 6.07. The monoisotopic (exact) mass is 251 g/mol. The highest BCUT2D eigenvalue weighted by Gasteiger charge is 2.12. The largest absolute Gasteiger partial charge is 0.387 e. The van der Waals surface area contributed by atoms with E-state index in [4.69, 9.17) is 0 Å². The van der Waals surface area contributed by atoms with Crippen LogP contribution in [0, 0.1) is 0 Å². The van der Waals surface area contributed by atoms with Crippen LogP contribution in [0.5, 0.6) is 0 Å². The smallest absolute Gasteiger partial charge is 0.172 e. The number of aliphatic hydroxyl groups is 1. The average molecular weight is 251 g/mol. The Morgan fingerprint density at radius 3 is 2.83 bits per heavy atom. The Kier molecular flexibility index (Phi) is 3.98. The molecule has 2 heterocycles. The maximum atomic E-state index is 9.65. The van der Waals surface area contributed by atoms with Crippen LogP contribution < -0.4 is 0 Å². The minimum atomic E-state index is -0.564. The first-order valence-corrected chi connectivity index (χ1v) is 6.07. The SMILES string of the molecule is CCCn1nnnc1Cn1cc(C(O)CC)nn1. The summed E-state index contributed by atoms with van der Waals surface area (Å²) >= 11 is 0. The van der Waals surface area contributed by atoms with E-state index in [2.05, 4.69) is 32.8 Å². The zero-order chi connectivity index (χ0) is 13.0. The van der Waals surface area contributed by atoms with E-state index in [1.807, 2.05) is 6.92 Å². The van der Waals surface area contributed by atoms with Gasteiger partial charge in [-0.2, -0.15) is 0 Å². The van der Waals surface area contributed by atoms with E-state index in [-0.39, 0.29) is 0 Å². The van der Waals surface area contributed by atoms with Crippen molar-refractivity contribution in [2.45, 2.75) is 45.9 Å². The van der Waals surface area contributed by atoms with Gasteiger partial charge in [-0.05, 0) is 23.3 Å². The maximum Gasteiger partial charge on any atom is 0.172 e. The second-order valence-electron chi connectivity index (χ2n) is 4.08. The van der Waals surface area contributed by atoms with Crippen molar-refractivity contribution in [3.63, 3.8) is 0 Å². The molecule has 1 N–H and O–H groups in total. The van der Waals surface area contributed by atoms with Gasteiger partial charge >= 0.3 is 0 Å². The zero-order valence-electron chi connectivity index (χ0n) is 10.6. The quantitative estimate of drug-likeness (QED) is 0.786. The summed E-state index contributed by atoms with van der Waals surface area (Å²) < 4.78 is 3.38. The van der Waals surface area contributed by atoms with E-state index in [0.29, 0.717) is 18.7 Å². The van der Waals surface area contributed by atoms with Gasteiger partial charge in [0.2, 0.25) is 0 Å². The molecule has 0 radical (unpaired) electrons. The van der Waals surface area contributed by atoms with E-state index in [0.717, 1.165) is 18.8 Å². The van der Waals surface area contributed by atoms with Crippen LogP contribution in [-0.2, 0) is 13.1 Å². The summed E-state index contributed by atoms with van der Waals surface area (Å²) in [5.74, 6) is 0.735. The fraction of sp³-hybridized carbons (Fsp3) is 0.700. The lowest BCUT2D eigenvalue weighted by atomic mass is 10.2. The number of tetrazole rings is 1. The lowest BCUT2D eigenvalue weighted by Crippen LogP contribution is -2.10. The molecule has 0 aliphatic rings. The highest BCUT2D eigenvalue weighted by molar-refractivity contribution is 4.98. The van der Waals surface area contributed by atoms with Gasteiger partial charge < -0.3 is 5.11 Å². The van der Waals surface area contributed by atoms with Crippen molar-refractivity contribution < 1.29 is 5.11 Å². The highest BCUT2D eigenvalue weighted by Crippen LogP contribution is 2.12. The van der Waals surface area contributed by atoms with Crippen molar-refractivity contribution in [2.75, 3.05) is 0 Å². The van der Waals surface area contributed by atoms with Crippen LogP contribution >= 0.6 is 0 Å². The molecule has 0 spiro atoms. The summed E-state index contributed by atoms with van der Waals surface area (Å²) in [4.78, 5) is 0. The van der Waals surface area contributed by atoms with Crippen LogP contribution in [-0.4, -0.2) is 40.3 Å². The fourth-order valence-corrected chi connectivity index (χ4v) is 1.62. The predicted octanol–water partition coefficient (Wildman–Crippen LogP) is 0.166. The van der Waals surface area contributed by atoms with Gasteiger partial charge in [0.15, 0.2) is 5.82 Å². The number of aromatic nitrogens is 7. The maximum absolute atomic E-state index is 9.65. The third-order valence-corrected chi connectivity index (χ3v) is 2.63. The predicted molar refractivity (Wildman–Crippen MR) is 62.5 cm³/mol. The van der Waals surface area contributed by atoms with Gasteiger partial charge in [-0.15, -0.1) is 10.2 Å². The van der Waals surface area contributed by atoms with E-state index < -0.39 is 6.10 Å². The zero-order valence-corrected chi connectivity index (χ0v) is 10.6. The van der Waals surface area contributed by atoms with Gasteiger partial charge in [-0.25, -0.2) is 9.36 Å². The van der Waals surface area contributed by atoms with Crippen molar-refractivity contribution in [1.82, 2.24) is 35.2 Å². The van der Waals surface area contributed by atoms with Gasteiger partial charge in [-0.1, -0.05) is 19.1 Å². The standard InChI is InChI=1S/C10H17N7O/c1-3-5-17-10(12-13-15-17)7-16-6-8(11-14-16)9(18)4-2/h6,9,18H,3-5,7H2,1-2H3. The molecule has 0 amide bonds. The summed E-state index contributed by atoms with van der Waals surface area (Å²) in [6.07, 6.45) is 2.74. The van der Waals surface area contributed by atoms with Gasteiger partial charge in [0.05, 0.1) is 12.3 Å². The fourth-order valence-electron chi connectivity index (χ4n) is 1.62. The second kappa shape index (κ2) is 5.67. The van der Waals surface area contributed by atoms with Crippen LogP contribution in [0.15, 0.2) is 6.20 Å². The Labute approximate surface area is 105 Å². The molecule has 0 saturated heterocycles. The van der Waals surface area contributed by atoms with Gasteiger partial charge in [0, 0.05) is 6.54 Å². The summed E-state index contributed by atoms with van der Waals surface area (Å²) in [6.45, 7) is 5.19. The number of nitrogens with zero attached hydrogens (tertiary/aromatic N) is 7. The lowest BCUT2D eigenvalue weighted by Gasteiger charge is -2.02. The normalized spacial score (nSPS) is 12.8. The Morgan fingerprint density at radius 2 is 2.11 bits per heavy atom. The molecule has 2 aromatic rings. The molecule has 2 rings (SSSR count). The summed E-state index contributed by atoms with van der Waals surface area (Å²) in [5, 5.41) is 29.0. The molecule has 0 bridgehead atoms. The average Bonchev–Trinajstić information content (AvgIpc) is 3.00. The molecule has 1 atom stereocenters. The summed E-state index contributed by atoms with van der Waals surface area (Å²) in [7, 11) is 0.